The summed E-state index contributed by atoms with van der Waals surface area (Å²) in [5, 5.41) is 4.61. The van der Waals surface area contributed by atoms with Gasteiger partial charge in [0.25, 0.3) is 10.0 Å². The van der Waals surface area contributed by atoms with Crippen LogP contribution in [0.5, 0.6) is 0 Å². The van der Waals surface area contributed by atoms with Gasteiger partial charge in [-0.15, -0.1) is 11.3 Å². The van der Waals surface area contributed by atoms with Crippen molar-refractivity contribution in [2.24, 2.45) is 13.0 Å². The van der Waals surface area contributed by atoms with Gasteiger partial charge in [-0.25, -0.2) is 8.42 Å². The third-order valence-electron chi connectivity index (χ3n) is 4.90. The second kappa shape index (κ2) is 7.43. The van der Waals surface area contributed by atoms with Crippen molar-refractivity contribution in [1.82, 2.24) is 8.87 Å². The molecule has 1 aliphatic heterocycles. The third-order valence-corrected chi connectivity index (χ3v) is 9.14. The van der Waals surface area contributed by atoms with Crippen LogP contribution in [0.3, 0.4) is 0 Å². The van der Waals surface area contributed by atoms with Crippen LogP contribution in [0.1, 0.15) is 12.8 Å². The number of fused-ring (bicyclic) bond motifs is 1. The molecule has 10 heteroatoms. The fourth-order valence-electron chi connectivity index (χ4n) is 3.37. The molecule has 1 aromatic carbocycles. The number of hydrogen-bond donors (Lipinski definition) is 1. The summed E-state index contributed by atoms with van der Waals surface area (Å²) in [4.78, 5) is 24.5. The first-order chi connectivity index (χ1) is 13.4. The molecule has 0 bridgehead atoms. The normalized spacial score (nSPS) is 18.4. The lowest BCUT2D eigenvalue weighted by molar-refractivity contribution is -0.120. The minimum Gasteiger partial charge on any atom is -0.326 e. The van der Waals surface area contributed by atoms with E-state index in [2.05, 4.69) is 5.32 Å². The maximum absolute atomic E-state index is 12.7. The molecule has 1 fully saturated rings. The Morgan fingerprint density at radius 2 is 2.11 bits per heavy atom. The van der Waals surface area contributed by atoms with Crippen LogP contribution in [0.15, 0.2) is 44.7 Å². The predicted octanol–water partition coefficient (Wildman–Crippen LogP) is 2.70. The van der Waals surface area contributed by atoms with Gasteiger partial charge in [-0.3, -0.25) is 9.59 Å². The molecule has 0 unspecified atom stereocenters. The zero-order chi connectivity index (χ0) is 19.9. The van der Waals surface area contributed by atoms with Gasteiger partial charge >= 0.3 is 4.87 Å². The number of sulfonamides is 1. The van der Waals surface area contributed by atoms with Gasteiger partial charge in [-0.05, 0) is 42.5 Å². The summed E-state index contributed by atoms with van der Waals surface area (Å²) in [5.41, 5.74) is 1.43. The highest BCUT2D eigenvalue weighted by Gasteiger charge is 2.33. The molecule has 3 heterocycles. The second-order valence-electron chi connectivity index (χ2n) is 6.73. The van der Waals surface area contributed by atoms with Gasteiger partial charge < -0.3 is 9.88 Å². The summed E-state index contributed by atoms with van der Waals surface area (Å²) in [6.07, 6.45) is 1.28. The minimum atomic E-state index is -3.55. The fourth-order valence-corrected chi connectivity index (χ4v) is 6.96. The van der Waals surface area contributed by atoms with Crippen molar-refractivity contribution < 1.29 is 13.2 Å². The monoisotopic (exact) mass is 437 g/mol. The summed E-state index contributed by atoms with van der Waals surface area (Å²) in [6.45, 7) is 0.598. The number of amides is 1. The van der Waals surface area contributed by atoms with E-state index in [0.717, 1.165) is 21.6 Å². The smallest absolute Gasteiger partial charge is 0.307 e. The van der Waals surface area contributed by atoms with Crippen LogP contribution in [-0.2, 0) is 21.9 Å². The van der Waals surface area contributed by atoms with E-state index in [1.165, 1.54) is 15.6 Å². The number of thiophene rings is 1. The second-order valence-corrected chi connectivity index (χ2v) is 10.8. The Balaban J connectivity index is 1.50. The van der Waals surface area contributed by atoms with Crippen LogP contribution in [0, 0.1) is 5.92 Å². The first-order valence-corrected chi connectivity index (χ1v) is 11.9. The molecule has 4 rings (SSSR count). The number of aromatic nitrogens is 1. The Kier molecular flexibility index (Phi) is 5.13. The number of piperidine rings is 1. The third kappa shape index (κ3) is 3.52. The van der Waals surface area contributed by atoms with Gasteiger partial charge in [-0.1, -0.05) is 17.4 Å². The molecule has 0 aliphatic carbocycles. The first kappa shape index (κ1) is 19.3. The van der Waals surface area contributed by atoms with Gasteiger partial charge in [-0.2, -0.15) is 4.31 Å². The van der Waals surface area contributed by atoms with E-state index >= 15 is 0 Å². The standard InChI is InChI=1S/C18H19N3O4S3/c1-20-14-7-6-13(10-15(14)27-18(20)23)19-17(22)12-4-2-8-21(11-12)28(24,25)16-5-3-9-26-16/h3,5-7,9-10,12H,2,4,8,11H2,1H3,(H,19,22)/t12-/m1/s1. The first-order valence-electron chi connectivity index (χ1n) is 8.80. The van der Waals surface area contributed by atoms with Crippen molar-refractivity contribution in [1.29, 1.82) is 0 Å². The van der Waals surface area contributed by atoms with E-state index in [9.17, 15) is 18.0 Å². The van der Waals surface area contributed by atoms with Crippen molar-refractivity contribution in [3.63, 3.8) is 0 Å². The molecule has 28 heavy (non-hydrogen) atoms. The Bertz CT molecular complexity index is 1180. The van der Waals surface area contributed by atoms with Crippen LogP contribution >= 0.6 is 22.7 Å². The number of aryl methyl sites for hydroxylation is 1. The maximum Gasteiger partial charge on any atom is 0.307 e. The van der Waals surface area contributed by atoms with Crippen molar-refractivity contribution in [2.75, 3.05) is 18.4 Å². The average molecular weight is 438 g/mol. The molecule has 2 aromatic heterocycles. The lowest BCUT2D eigenvalue weighted by Crippen LogP contribution is -2.43. The van der Waals surface area contributed by atoms with Crippen molar-refractivity contribution in [3.05, 3.63) is 45.4 Å². The molecule has 1 aliphatic rings. The van der Waals surface area contributed by atoms with Crippen LogP contribution in [0.4, 0.5) is 5.69 Å². The summed E-state index contributed by atoms with van der Waals surface area (Å²) in [5.74, 6) is -0.609. The molecule has 3 aromatic rings. The Morgan fingerprint density at radius 3 is 2.86 bits per heavy atom. The van der Waals surface area contributed by atoms with Gasteiger partial charge in [0.05, 0.1) is 16.1 Å². The number of carbonyl (C=O) groups excluding carboxylic acids is 1. The Hall–Kier alpha value is -2.01. The van der Waals surface area contributed by atoms with Crippen LogP contribution in [0.2, 0.25) is 0 Å². The highest BCUT2D eigenvalue weighted by molar-refractivity contribution is 7.91. The summed E-state index contributed by atoms with van der Waals surface area (Å²) >= 11 is 2.31. The van der Waals surface area contributed by atoms with E-state index in [4.69, 9.17) is 0 Å². The highest BCUT2D eigenvalue weighted by Crippen LogP contribution is 2.27. The van der Waals surface area contributed by atoms with E-state index in [1.807, 2.05) is 0 Å². The molecule has 1 amide bonds. The zero-order valence-electron chi connectivity index (χ0n) is 15.1. The summed E-state index contributed by atoms with van der Waals surface area (Å²) in [7, 11) is -1.84. The van der Waals surface area contributed by atoms with E-state index < -0.39 is 15.9 Å². The predicted molar refractivity (Wildman–Crippen MR) is 111 cm³/mol. The van der Waals surface area contributed by atoms with Gasteiger partial charge in [0.1, 0.15) is 4.21 Å². The largest absolute Gasteiger partial charge is 0.326 e. The summed E-state index contributed by atoms with van der Waals surface area (Å²) in [6, 6.07) is 8.64. The van der Waals surface area contributed by atoms with Gasteiger partial charge in [0.15, 0.2) is 0 Å². The lowest BCUT2D eigenvalue weighted by Gasteiger charge is -2.30. The van der Waals surface area contributed by atoms with Crippen molar-refractivity contribution in [3.8, 4) is 0 Å². The summed E-state index contributed by atoms with van der Waals surface area (Å²) < 4.78 is 29.5. The molecule has 1 N–H and O–H groups in total. The number of nitrogens with zero attached hydrogens (tertiary/aromatic N) is 2. The number of anilines is 1. The molecule has 1 saturated heterocycles. The SMILES string of the molecule is Cn1c(=O)sc2cc(NC(=O)[C@@H]3CCCN(S(=O)(=O)c4cccs4)C3)ccc21. The number of thiazole rings is 1. The van der Waals surface area contributed by atoms with Crippen molar-refractivity contribution in [2.45, 2.75) is 17.1 Å². The lowest BCUT2D eigenvalue weighted by atomic mass is 9.98. The van der Waals surface area contributed by atoms with E-state index in [1.54, 1.807) is 47.3 Å². The van der Waals surface area contributed by atoms with Gasteiger partial charge in [0.2, 0.25) is 5.91 Å². The highest BCUT2D eigenvalue weighted by atomic mass is 32.2. The molecule has 0 saturated carbocycles. The molecular formula is C18H19N3O4S3. The maximum atomic E-state index is 12.7. The van der Waals surface area contributed by atoms with E-state index in [-0.39, 0.29) is 17.3 Å². The van der Waals surface area contributed by atoms with Gasteiger partial charge in [0, 0.05) is 25.8 Å². The quantitative estimate of drug-likeness (QED) is 0.680. The molecule has 0 radical (unpaired) electrons. The Morgan fingerprint density at radius 1 is 1.29 bits per heavy atom. The fraction of sp³-hybridized carbons (Fsp3) is 0.333. The molecule has 1 atom stereocenters. The zero-order valence-corrected chi connectivity index (χ0v) is 17.6. The van der Waals surface area contributed by atoms with E-state index in [0.29, 0.717) is 29.3 Å². The van der Waals surface area contributed by atoms with Crippen LogP contribution < -0.4 is 10.2 Å². The minimum absolute atomic E-state index is 0.0554. The molecule has 7 nitrogen and oxygen atoms in total. The topological polar surface area (TPSA) is 88.5 Å². The number of benzene rings is 1. The van der Waals surface area contributed by atoms with Crippen LogP contribution in [0.25, 0.3) is 10.2 Å². The molecule has 148 valence electrons. The van der Waals surface area contributed by atoms with Crippen molar-refractivity contribution >= 4 is 54.5 Å². The number of nitrogens with one attached hydrogen (secondary N) is 1. The Labute approximate surface area is 170 Å². The number of carbonyl (C=O) groups is 1. The molecule has 0 spiro atoms. The number of hydrogen-bond acceptors (Lipinski definition) is 6. The van der Waals surface area contributed by atoms with Crippen LogP contribution in [-0.4, -0.2) is 36.3 Å². The number of rotatable bonds is 4. The average Bonchev–Trinajstić information content (AvgIpc) is 3.31. The molecular weight excluding hydrogens is 418 g/mol.